The van der Waals surface area contributed by atoms with Crippen LogP contribution in [0.1, 0.15) is 26.7 Å². The summed E-state index contributed by atoms with van der Waals surface area (Å²) in [5.41, 5.74) is 0.339. The van der Waals surface area contributed by atoms with Gasteiger partial charge in [0.2, 0.25) is 5.91 Å². The Kier molecular flexibility index (Phi) is 3.51. The average molecular weight is 330 g/mol. The van der Waals surface area contributed by atoms with Crippen LogP contribution in [0.25, 0.3) is 0 Å². The van der Waals surface area contributed by atoms with Crippen molar-refractivity contribution in [2.24, 2.45) is 5.41 Å². The first-order valence-corrected chi connectivity index (χ1v) is 8.44. The smallest absolute Gasteiger partial charge is 0.236 e. The van der Waals surface area contributed by atoms with Gasteiger partial charge >= 0.3 is 0 Å². The maximum absolute atomic E-state index is 12.9. The van der Waals surface area contributed by atoms with Crippen LogP contribution in [0.4, 0.5) is 5.69 Å². The van der Waals surface area contributed by atoms with Crippen LogP contribution in [-0.4, -0.2) is 22.0 Å². The minimum atomic E-state index is -0.913. The zero-order valence-corrected chi connectivity index (χ0v) is 13.9. The van der Waals surface area contributed by atoms with Gasteiger partial charge in [0.1, 0.15) is 4.33 Å². The number of fused-ring (bicyclic) bond motifs is 1. The van der Waals surface area contributed by atoms with Crippen LogP contribution in [0.15, 0.2) is 29.2 Å². The van der Waals surface area contributed by atoms with Gasteiger partial charge in [-0.25, -0.2) is 0 Å². The van der Waals surface area contributed by atoms with Gasteiger partial charge in [0.05, 0.1) is 11.1 Å². The molecule has 0 aromatic heterocycles. The Hall–Kier alpha value is -0.380. The number of para-hydroxylation sites is 1. The number of rotatable bonds is 1. The first-order valence-electron chi connectivity index (χ1n) is 6.81. The fourth-order valence-electron chi connectivity index (χ4n) is 2.63. The van der Waals surface area contributed by atoms with Crippen molar-refractivity contribution in [3.63, 3.8) is 0 Å². The number of benzene rings is 1. The Labute approximate surface area is 133 Å². The highest BCUT2D eigenvalue weighted by molar-refractivity contribution is 8.00. The predicted molar refractivity (Wildman–Crippen MR) is 85.9 cm³/mol. The summed E-state index contributed by atoms with van der Waals surface area (Å²) in [5.74, 6) is 0.0460. The SMILES string of the molecule is C[C@@H]1CCN(C(=O)[C@]2(C)CC2(Cl)Cl)c2ccccc2S1. The Balaban J connectivity index is 1.96. The molecular weight excluding hydrogens is 313 g/mol. The molecule has 1 amide bonds. The second-order valence-electron chi connectivity index (χ2n) is 5.85. The predicted octanol–water partition coefficient (Wildman–Crippen LogP) is 4.49. The monoisotopic (exact) mass is 329 g/mol. The quantitative estimate of drug-likeness (QED) is 0.707. The summed E-state index contributed by atoms with van der Waals surface area (Å²) < 4.78 is -0.913. The van der Waals surface area contributed by atoms with E-state index in [1.807, 2.05) is 41.8 Å². The molecule has 1 saturated carbocycles. The van der Waals surface area contributed by atoms with Gasteiger partial charge < -0.3 is 4.90 Å². The molecule has 0 bridgehead atoms. The van der Waals surface area contributed by atoms with Crippen LogP contribution in [0.2, 0.25) is 0 Å². The average Bonchev–Trinajstić information content (AvgIpc) is 2.96. The van der Waals surface area contributed by atoms with E-state index in [2.05, 4.69) is 13.0 Å². The minimum Gasteiger partial charge on any atom is -0.311 e. The van der Waals surface area contributed by atoms with Crippen molar-refractivity contribution in [3.05, 3.63) is 24.3 Å². The van der Waals surface area contributed by atoms with E-state index in [0.29, 0.717) is 11.7 Å². The lowest BCUT2D eigenvalue weighted by Gasteiger charge is -2.26. The molecule has 2 atom stereocenters. The van der Waals surface area contributed by atoms with E-state index < -0.39 is 9.75 Å². The number of alkyl halides is 2. The third kappa shape index (κ3) is 2.24. The maximum atomic E-state index is 12.9. The molecule has 1 aromatic carbocycles. The zero-order valence-electron chi connectivity index (χ0n) is 11.5. The van der Waals surface area contributed by atoms with Crippen LogP contribution < -0.4 is 4.90 Å². The summed E-state index contributed by atoms with van der Waals surface area (Å²) in [6, 6.07) is 8.07. The molecule has 0 saturated heterocycles. The molecule has 2 nitrogen and oxygen atoms in total. The molecule has 0 N–H and O–H groups in total. The highest BCUT2D eigenvalue weighted by Gasteiger charge is 2.69. The summed E-state index contributed by atoms with van der Waals surface area (Å²) in [6.07, 6.45) is 1.50. The topological polar surface area (TPSA) is 20.3 Å². The molecular formula is C15H17Cl2NOS. The molecule has 1 aliphatic carbocycles. The maximum Gasteiger partial charge on any atom is 0.236 e. The van der Waals surface area contributed by atoms with Gasteiger partial charge in [0.25, 0.3) is 0 Å². The van der Waals surface area contributed by atoms with Gasteiger partial charge in [0.15, 0.2) is 0 Å². The van der Waals surface area contributed by atoms with Crippen LogP contribution in [0.3, 0.4) is 0 Å². The molecule has 2 aliphatic rings. The number of nitrogens with zero attached hydrogens (tertiary/aromatic N) is 1. The van der Waals surface area contributed by atoms with E-state index in [-0.39, 0.29) is 5.91 Å². The number of hydrogen-bond donors (Lipinski definition) is 0. The first kappa shape index (κ1) is 14.6. The molecule has 1 aliphatic heterocycles. The summed E-state index contributed by atoms with van der Waals surface area (Å²) >= 11 is 14.2. The number of halogens is 2. The summed E-state index contributed by atoms with van der Waals surface area (Å²) in [7, 11) is 0. The summed E-state index contributed by atoms with van der Waals surface area (Å²) in [4.78, 5) is 15.9. The van der Waals surface area contributed by atoms with Gasteiger partial charge in [-0.1, -0.05) is 19.1 Å². The van der Waals surface area contributed by atoms with E-state index in [9.17, 15) is 4.79 Å². The van der Waals surface area contributed by atoms with Crippen molar-refractivity contribution >= 4 is 46.6 Å². The van der Waals surface area contributed by atoms with E-state index in [4.69, 9.17) is 23.2 Å². The van der Waals surface area contributed by atoms with Crippen molar-refractivity contribution in [1.29, 1.82) is 0 Å². The molecule has 0 radical (unpaired) electrons. The van der Waals surface area contributed by atoms with E-state index in [1.54, 1.807) is 0 Å². The number of amides is 1. The number of hydrogen-bond acceptors (Lipinski definition) is 2. The lowest BCUT2D eigenvalue weighted by Crippen LogP contribution is -2.39. The third-order valence-corrected chi connectivity index (χ3v) is 6.56. The Morgan fingerprint density at radius 3 is 2.70 bits per heavy atom. The zero-order chi connectivity index (χ0) is 14.5. The van der Waals surface area contributed by atoms with Crippen molar-refractivity contribution in [2.75, 3.05) is 11.4 Å². The Morgan fingerprint density at radius 2 is 2.05 bits per heavy atom. The van der Waals surface area contributed by atoms with Crippen molar-refractivity contribution in [1.82, 2.24) is 0 Å². The number of anilines is 1. The number of carbonyl (C=O) groups excluding carboxylic acids is 1. The Morgan fingerprint density at radius 1 is 1.40 bits per heavy atom. The van der Waals surface area contributed by atoms with Crippen LogP contribution in [0.5, 0.6) is 0 Å². The fraction of sp³-hybridized carbons (Fsp3) is 0.533. The second kappa shape index (κ2) is 4.82. The molecule has 0 unspecified atom stereocenters. The molecule has 1 heterocycles. The van der Waals surface area contributed by atoms with Crippen LogP contribution in [0, 0.1) is 5.41 Å². The highest BCUT2D eigenvalue weighted by atomic mass is 35.5. The van der Waals surface area contributed by atoms with E-state index in [0.717, 1.165) is 23.5 Å². The Bertz CT molecular complexity index is 563. The molecule has 0 spiro atoms. The lowest BCUT2D eigenvalue weighted by molar-refractivity contribution is -0.123. The largest absolute Gasteiger partial charge is 0.311 e. The molecule has 3 rings (SSSR count). The first-order chi connectivity index (χ1) is 9.35. The van der Waals surface area contributed by atoms with Gasteiger partial charge in [-0.05, 0) is 31.9 Å². The second-order valence-corrected chi connectivity index (χ2v) is 8.82. The normalized spacial score (nSPS) is 31.4. The van der Waals surface area contributed by atoms with Crippen molar-refractivity contribution in [2.45, 2.75) is 41.2 Å². The third-order valence-electron chi connectivity index (χ3n) is 4.22. The number of thioether (sulfide) groups is 1. The van der Waals surface area contributed by atoms with Crippen LogP contribution >= 0.6 is 35.0 Å². The summed E-state index contributed by atoms with van der Waals surface area (Å²) in [6.45, 7) is 4.78. The lowest BCUT2D eigenvalue weighted by atomic mass is 10.1. The highest BCUT2D eigenvalue weighted by Crippen LogP contribution is 2.64. The minimum absolute atomic E-state index is 0.0460. The van der Waals surface area contributed by atoms with Crippen LogP contribution in [-0.2, 0) is 4.79 Å². The molecule has 1 aromatic rings. The van der Waals surface area contributed by atoms with Gasteiger partial charge in [-0.15, -0.1) is 35.0 Å². The molecule has 108 valence electrons. The number of carbonyl (C=O) groups is 1. The standard InChI is InChI=1S/C15H17Cl2NOS/c1-10-7-8-18(11-5-3-4-6-12(11)20-10)13(19)14(2)9-15(14,16)17/h3-6,10H,7-9H2,1-2H3/t10-,14+/m1/s1. The molecule has 5 heteroatoms. The van der Waals surface area contributed by atoms with Gasteiger partial charge in [-0.2, -0.15) is 0 Å². The van der Waals surface area contributed by atoms with E-state index >= 15 is 0 Å². The van der Waals surface area contributed by atoms with Crippen molar-refractivity contribution < 1.29 is 4.79 Å². The molecule has 1 fully saturated rings. The molecule has 20 heavy (non-hydrogen) atoms. The fourth-order valence-corrected chi connectivity index (χ4v) is 4.44. The van der Waals surface area contributed by atoms with Gasteiger partial charge in [-0.3, -0.25) is 4.79 Å². The van der Waals surface area contributed by atoms with Crippen molar-refractivity contribution in [3.8, 4) is 0 Å². The van der Waals surface area contributed by atoms with Gasteiger partial charge in [0, 0.05) is 16.7 Å². The summed E-state index contributed by atoms with van der Waals surface area (Å²) in [5, 5.41) is 0.498. The van der Waals surface area contributed by atoms with E-state index in [1.165, 1.54) is 0 Å².